The highest BCUT2D eigenvalue weighted by Crippen LogP contribution is 2.28. The van der Waals surface area contributed by atoms with Gasteiger partial charge in [-0.1, -0.05) is 11.8 Å². The molecule has 2 aromatic heterocycles. The maximum absolute atomic E-state index is 12.4. The van der Waals surface area contributed by atoms with Crippen molar-refractivity contribution in [2.45, 2.75) is 24.0 Å². The molecule has 2 heterocycles. The molecule has 0 saturated carbocycles. The molecule has 0 fully saturated rings. The number of aromatic nitrogens is 1. The Bertz CT molecular complexity index is 1080. The van der Waals surface area contributed by atoms with E-state index in [2.05, 4.69) is 4.98 Å². The van der Waals surface area contributed by atoms with E-state index in [1.807, 2.05) is 19.9 Å². The number of oxazole rings is 1. The molecule has 9 heteroatoms. The van der Waals surface area contributed by atoms with Crippen molar-refractivity contribution >= 4 is 50.0 Å². The number of carbonyl (C=O) groups excluding carboxylic acids is 1. The van der Waals surface area contributed by atoms with Crippen molar-refractivity contribution in [1.29, 1.82) is 0 Å². The monoisotopic (exact) mass is 410 g/mol. The molecule has 26 heavy (non-hydrogen) atoms. The number of benzene rings is 1. The molecule has 0 saturated heterocycles. The predicted octanol–water partition coefficient (Wildman–Crippen LogP) is 3.73. The number of aryl methyl sites for hydroxylation is 2. The number of ketones is 1. The quantitative estimate of drug-likeness (QED) is 0.455. The number of fused-ring (bicyclic) bond motifs is 1. The van der Waals surface area contributed by atoms with Crippen LogP contribution in [-0.2, 0) is 10.0 Å². The Morgan fingerprint density at radius 3 is 2.62 bits per heavy atom. The van der Waals surface area contributed by atoms with Gasteiger partial charge in [0.25, 0.3) is 5.22 Å². The number of nitrogens with zero attached hydrogens (tertiary/aromatic N) is 2. The Balaban J connectivity index is 1.79. The Labute approximate surface area is 160 Å². The van der Waals surface area contributed by atoms with Crippen LogP contribution in [-0.4, -0.2) is 43.3 Å². The zero-order valence-corrected chi connectivity index (χ0v) is 17.2. The first-order chi connectivity index (χ1) is 12.2. The smallest absolute Gasteiger partial charge is 0.257 e. The summed E-state index contributed by atoms with van der Waals surface area (Å²) in [5.74, 6) is 0.238. The molecule has 0 atom stereocenters. The lowest BCUT2D eigenvalue weighted by Crippen LogP contribution is -2.22. The summed E-state index contributed by atoms with van der Waals surface area (Å²) in [6, 6.07) is 6.44. The molecule has 0 unspecified atom stereocenters. The van der Waals surface area contributed by atoms with Crippen molar-refractivity contribution in [3.8, 4) is 0 Å². The third-order valence-electron chi connectivity index (χ3n) is 3.79. The molecule has 138 valence electrons. The summed E-state index contributed by atoms with van der Waals surface area (Å²) in [7, 11) is -0.580. The van der Waals surface area contributed by atoms with Crippen molar-refractivity contribution in [3.05, 3.63) is 39.6 Å². The minimum atomic E-state index is -3.53. The van der Waals surface area contributed by atoms with Crippen molar-refractivity contribution in [1.82, 2.24) is 9.29 Å². The van der Waals surface area contributed by atoms with Crippen LogP contribution in [0.2, 0.25) is 0 Å². The summed E-state index contributed by atoms with van der Waals surface area (Å²) in [6.07, 6.45) is 0. The van der Waals surface area contributed by atoms with Crippen LogP contribution in [0, 0.1) is 13.8 Å². The van der Waals surface area contributed by atoms with E-state index >= 15 is 0 Å². The third-order valence-corrected chi connectivity index (χ3v) is 7.39. The van der Waals surface area contributed by atoms with Crippen LogP contribution in [0.25, 0.3) is 11.1 Å². The summed E-state index contributed by atoms with van der Waals surface area (Å²) in [5.41, 5.74) is 1.67. The van der Waals surface area contributed by atoms with Gasteiger partial charge >= 0.3 is 0 Å². The van der Waals surface area contributed by atoms with Gasteiger partial charge < -0.3 is 4.42 Å². The average molecular weight is 411 g/mol. The van der Waals surface area contributed by atoms with Crippen LogP contribution in [0.15, 0.2) is 38.8 Å². The second-order valence-corrected chi connectivity index (χ2v) is 10.5. The maximum Gasteiger partial charge on any atom is 0.257 e. The van der Waals surface area contributed by atoms with Crippen LogP contribution < -0.4 is 0 Å². The fraction of sp³-hybridized carbons (Fsp3) is 0.294. The minimum Gasteiger partial charge on any atom is -0.431 e. The van der Waals surface area contributed by atoms with E-state index < -0.39 is 10.0 Å². The molecule has 0 bridgehead atoms. The van der Waals surface area contributed by atoms with Gasteiger partial charge in [-0.3, -0.25) is 4.79 Å². The summed E-state index contributed by atoms with van der Waals surface area (Å²) in [5, 5.41) is 0.345. The lowest BCUT2D eigenvalue weighted by Gasteiger charge is -2.10. The molecule has 0 N–H and O–H groups in total. The first-order valence-corrected chi connectivity index (χ1v) is 11.0. The van der Waals surface area contributed by atoms with Crippen molar-refractivity contribution < 1.29 is 17.6 Å². The van der Waals surface area contributed by atoms with Gasteiger partial charge in [-0.15, -0.1) is 11.3 Å². The van der Waals surface area contributed by atoms with E-state index in [1.54, 1.807) is 17.4 Å². The number of thiophene rings is 1. The summed E-state index contributed by atoms with van der Waals surface area (Å²) < 4.78 is 31.2. The highest BCUT2D eigenvalue weighted by atomic mass is 32.2. The molecule has 0 aliphatic carbocycles. The Morgan fingerprint density at radius 1 is 1.27 bits per heavy atom. The van der Waals surface area contributed by atoms with Gasteiger partial charge in [0.15, 0.2) is 11.4 Å². The topological polar surface area (TPSA) is 80.5 Å². The Morgan fingerprint density at radius 2 is 2.00 bits per heavy atom. The summed E-state index contributed by atoms with van der Waals surface area (Å²) in [4.78, 5) is 18.9. The Hall–Kier alpha value is -1.68. The molecule has 0 aliphatic heterocycles. The SMILES string of the molecule is Cc1cc(C(=O)CSc2nc3cc(S(=O)(=O)N(C)C)ccc3o2)c(C)s1. The third kappa shape index (κ3) is 3.71. The van der Waals surface area contributed by atoms with Gasteiger partial charge in [-0.2, -0.15) is 0 Å². The zero-order valence-electron chi connectivity index (χ0n) is 14.8. The van der Waals surface area contributed by atoms with Gasteiger partial charge in [-0.05, 0) is 38.1 Å². The second-order valence-electron chi connectivity index (χ2n) is 5.94. The second kappa shape index (κ2) is 7.15. The van der Waals surface area contributed by atoms with Crippen LogP contribution >= 0.6 is 23.1 Å². The number of Topliss-reactive ketones (excluding diaryl/α,β-unsaturated/α-hetero) is 1. The van der Waals surface area contributed by atoms with E-state index in [0.29, 0.717) is 16.3 Å². The number of carbonyl (C=O) groups is 1. The van der Waals surface area contributed by atoms with Crippen molar-refractivity contribution in [2.24, 2.45) is 0 Å². The molecule has 1 aromatic carbocycles. The van der Waals surface area contributed by atoms with Gasteiger partial charge in [0, 0.05) is 29.4 Å². The van der Waals surface area contributed by atoms with E-state index in [1.165, 1.54) is 38.0 Å². The van der Waals surface area contributed by atoms with E-state index in [9.17, 15) is 13.2 Å². The van der Waals surface area contributed by atoms with Crippen LogP contribution in [0.1, 0.15) is 20.1 Å². The lowest BCUT2D eigenvalue weighted by molar-refractivity contribution is 0.102. The normalized spacial score (nSPS) is 12.2. The van der Waals surface area contributed by atoms with E-state index in [0.717, 1.165) is 19.6 Å². The lowest BCUT2D eigenvalue weighted by atomic mass is 10.2. The summed E-state index contributed by atoms with van der Waals surface area (Å²) in [6.45, 7) is 3.91. The largest absolute Gasteiger partial charge is 0.431 e. The predicted molar refractivity (Wildman–Crippen MR) is 104 cm³/mol. The fourth-order valence-corrected chi connectivity index (χ4v) is 5.02. The molecule has 3 rings (SSSR count). The number of hydrogen-bond acceptors (Lipinski definition) is 7. The Kier molecular flexibility index (Phi) is 5.25. The molecule has 6 nitrogen and oxygen atoms in total. The summed E-state index contributed by atoms with van der Waals surface area (Å²) >= 11 is 2.80. The first-order valence-electron chi connectivity index (χ1n) is 7.74. The minimum absolute atomic E-state index is 0.0231. The van der Waals surface area contributed by atoms with Gasteiger partial charge in [0.1, 0.15) is 5.52 Å². The molecule has 0 amide bonds. The first kappa shape index (κ1) is 19.1. The number of sulfonamides is 1. The molecular weight excluding hydrogens is 392 g/mol. The van der Waals surface area contributed by atoms with Gasteiger partial charge in [0.2, 0.25) is 10.0 Å². The molecule has 3 aromatic rings. The van der Waals surface area contributed by atoms with E-state index in [-0.39, 0.29) is 16.4 Å². The van der Waals surface area contributed by atoms with Crippen LogP contribution in [0.5, 0.6) is 0 Å². The van der Waals surface area contributed by atoms with Crippen molar-refractivity contribution in [2.75, 3.05) is 19.8 Å². The highest BCUT2D eigenvalue weighted by Gasteiger charge is 2.19. The van der Waals surface area contributed by atoms with Gasteiger partial charge in [-0.25, -0.2) is 17.7 Å². The van der Waals surface area contributed by atoms with Crippen LogP contribution in [0.4, 0.5) is 0 Å². The van der Waals surface area contributed by atoms with E-state index in [4.69, 9.17) is 4.42 Å². The number of thioether (sulfide) groups is 1. The van der Waals surface area contributed by atoms with Crippen LogP contribution in [0.3, 0.4) is 0 Å². The van der Waals surface area contributed by atoms with Gasteiger partial charge in [0.05, 0.1) is 10.6 Å². The number of hydrogen-bond donors (Lipinski definition) is 0. The maximum atomic E-state index is 12.4. The van der Waals surface area contributed by atoms with Crippen molar-refractivity contribution in [3.63, 3.8) is 0 Å². The fourth-order valence-electron chi connectivity index (χ4n) is 2.43. The molecule has 0 aliphatic rings. The average Bonchev–Trinajstić information content (AvgIpc) is 3.13. The zero-order chi connectivity index (χ0) is 19.1. The molecule has 0 spiro atoms. The molecular formula is C17H18N2O4S3. The number of rotatable bonds is 6. The molecule has 0 radical (unpaired) electrons. The highest BCUT2D eigenvalue weighted by molar-refractivity contribution is 7.99. The standard InChI is InChI=1S/C17H18N2O4S3/c1-10-7-13(11(2)25-10)15(20)9-24-17-18-14-8-12(5-6-16(14)23-17)26(21,22)19(3)4/h5-8H,9H2,1-4H3.